The fraction of sp³-hybridized carbons (Fsp3) is 0.517. The van der Waals surface area contributed by atoms with Gasteiger partial charge in [-0.25, -0.2) is 0 Å². The number of esters is 1. The second kappa shape index (κ2) is 15.2. The number of benzene rings is 1. The van der Waals surface area contributed by atoms with Crippen molar-refractivity contribution >= 4 is 44.1 Å². The van der Waals surface area contributed by atoms with Gasteiger partial charge in [-0.3, -0.25) is 14.2 Å². The van der Waals surface area contributed by atoms with Crippen LogP contribution in [0.15, 0.2) is 30.3 Å². The van der Waals surface area contributed by atoms with E-state index in [0.717, 1.165) is 60.8 Å². The normalized spacial score (nSPS) is 18.6. The Hall–Kier alpha value is -3.11. The molecule has 0 bridgehead atoms. The summed E-state index contributed by atoms with van der Waals surface area (Å²) >= 11 is 1.66. The number of hydrogen-bond acceptors (Lipinski definition) is 10. The van der Waals surface area contributed by atoms with E-state index < -0.39 is 10.1 Å². The van der Waals surface area contributed by atoms with Crippen LogP contribution in [0.3, 0.4) is 0 Å². The van der Waals surface area contributed by atoms with Crippen LogP contribution in [-0.4, -0.2) is 82.6 Å². The van der Waals surface area contributed by atoms with E-state index in [1.165, 1.54) is 6.42 Å². The maximum Gasteiger partial charge on any atom is 0.320 e. The lowest BCUT2D eigenvalue weighted by molar-refractivity contribution is -0.152. The molecular weight excluding hydrogens is 566 g/mol. The molecular formula is C29H39N3O7S2. The van der Waals surface area contributed by atoms with Crippen LogP contribution in [0.2, 0.25) is 0 Å². The molecule has 2 fully saturated rings. The van der Waals surface area contributed by atoms with E-state index in [9.17, 15) is 18.5 Å². The average Bonchev–Trinajstić information content (AvgIpc) is 3.40. The molecule has 12 heteroatoms. The number of nitrogens with zero attached hydrogens (tertiary/aromatic N) is 3. The predicted molar refractivity (Wildman–Crippen MR) is 161 cm³/mol. The van der Waals surface area contributed by atoms with Crippen LogP contribution in [0.4, 0.5) is 5.00 Å². The van der Waals surface area contributed by atoms with Gasteiger partial charge in [0, 0.05) is 36.9 Å². The minimum atomic E-state index is -3.67. The van der Waals surface area contributed by atoms with Gasteiger partial charge in [0.2, 0.25) is 0 Å². The molecule has 41 heavy (non-hydrogen) atoms. The Morgan fingerprint density at radius 2 is 1.78 bits per heavy atom. The summed E-state index contributed by atoms with van der Waals surface area (Å²) in [6.07, 6.45) is 7.85. The Bertz CT molecular complexity index is 1330. The van der Waals surface area contributed by atoms with Gasteiger partial charge in [0.25, 0.3) is 10.1 Å². The summed E-state index contributed by atoms with van der Waals surface area (Å²) in [7, 11) is -0.489. The number of hydrogen-bond donors (Lipinski definition) is 1. The fourth-order valence-electron chi connectivity index (χ4n) is 4.89. The first-order valence-corrected chi connectivity index (χ1v) is 16.2. The van der Waals surface area contributed by atoms with Crippen LogP contribution < -0.4 is 14.4 Å². The van der Waals surface area contributed by atoms with Gasteiger partial charge in [-0.05, 0) is 68.3 Å². The summed E-state index contributed by atoms with van der Waals surface area (Å²) in [4.78, 5) is 18.1. The first kappa shape index (κ1) is 32.4. The van der Waals surface area contributed by atoms with Gasteiger partial charge in [0.15, 0.2) is 11.5 Å². The summed E-state index contributed by atoms with van der Waals surface area (Å²) in [6.45, 7) is 5.29. The molecule has 2 aromatic rings. The van der Waals surface area contributed by atoms with E-state index in [2.05, 4.69) is 28.9 Å². The van der Waals surface area contributed by atoms with Crippen LogP contribution in [0.1, 0.15) is 49.5 Å². The van der Waals surface area contributed by atoms with Gasteiger partial charge >= 0.3 is 5.97 Å². The molecule has 0 radical (unpaired) electrons. The molecule has 2 aliphatic rings. The van der Waals surface area contributed by atoms with Crippen molar-refractivity contribution in [2.45, 2.75) is 51.2 Å². The summed E-state index contributed by atoms with van der Waals surface area (Å²) < 4.78 is 42.4. The third-order valence-electron chi connectivity index (χ3n) is 7.04. The third kappa shape index (κ3) is 10.3. The molecule has 0 aliphatic carbocycles. The number of likely N-dealkylation sites (tertiary alicyclic amines) is 1. The van der Waals surface area contributed by atoms with Gasteiger partial charge in [-0.2, -0.15) is 13.7 Å². The Morgan fingerprint density at radius 1 is 1.10 bits per heavy atom. The maximum atomic E-state index is 12.5. The molecule has 1 N–H and O–H groups in total. The molecule has 224 valence electrons. The Morgan fingerprint density at radius 3 is 2.39 bits per heavy atom. The van der Waals surface area contributed by atoms with Crippen molar-refractivity contribution in [3.63, 3.8) is 0 Å². The van der Waals surface area contributed by atoms with Gasteiger partial charge in [-0.1, -0.05) is 6.42 Å². The highest BCUT2D eigenvalue weighted by molar-refractivity contribution is 7.85. The Kier molecular flexibility index (Phi) is 12.0. The van der Waals surface area contributed by atoms with E-state index in [1.807, 2.05) is 30.3 Å². The number of thiophene rings is 1. The van der Waals surface area contributed by atoms with Crippen molar-refractivity contribution in [3.05, 3.63) is 40.8 Å². The highest BCUT2D eigenvalue weighted by atomic mass is 32.2. The minimum absolute atomic E-state index is 0.0107. The van der Waals surface area contributed by atoms with E-state index in [1.54, 1.807) is 25.6 Å². The largest absolute Gasteiger partial charge is 0.493 e. The van der Waals surface area contributed by atoms with Crippen LogP contribution in [0.25, 0.3) is 11.6 Å². The highest BCUT2D eigenvalue weighted by Gasteiger charge is 2.26. The van der Waals surface area contributed by atoms with Crippen molar-refractivity contribution in [1.29, 1.82) is 5.26 Å². The third-order valence-corrected chi connectivity index (χ3v) is 8.13. The predicted octanol–water partition coefficient (Wildman–Crippen LogP) is 4.72. The van der Waals surface area contributed by atoms with Gasteiger partial charge in [-0.15, -0.1) is 11.3 Å². The van der Waals surface area contributed by atoms with Crippen molar-refractivity contribution in [2.75, 3.05) is 51.6 Å². The Balaban J connectivity index is 0.000000850. The SMILES string of the molecule is COc1ccc(/C(C#N)=C/c2ccc(N3CCC(OC(=O)CN4CCCCC4C)CC3)s2)cc1OC.CS(=O)(=O)O. The molecule has 10 nitrogen and oxygen atoms in total. The topological polar surface area (TPSA) is 129 Å². The molecule has 1 unspecified atom stereocenters. The summed E-state index contributed by atoms with van der Waals surface area (Å²) in [5.41, 5.74) is 1.35. The molecule has 1 atom stereocenters. The lowest BCUT2D eigenvalue weighted by atomic mass is 10.0. The second-order valence-corrected chi connectivity index (χ2v) is 12.7. The molecule has 1 aromatic carbocycles. The number of carbonyl (C=O) groups excluding carboxylic acids is 1. The van der Waals surface area contributed by atoms with Crippen LogP contribution in [-0.2, 0) is 19.6 Å². The molecule has 0 saturated carbocycles. The number of nitriles is 1. The minimum Gasteiger partial charge on any atom is -0.493 e. The van der Waals surface area contributed by atoms with Gasteiger partial charge in [0.1, 0.15) is 6.10 Å². The second-order valence-electron chi connectivity index (χ2n) is 10.1. The summed E-state index contributed by atoms with van der Waals surface area (Å²) in [5, 5.41) is 10.9. The maximum absolute atomic E-state index is 12.5. The number of allylic oxidation sites excluding steroid dienone is 1. The van der Waals surface area contributed by atoms with Crippen LogP contribution in [0.5, 0.6) is 11.5 Å². The van der Waals surface area contributed by atoms with Crippen LogP contribution >= 0.6 is 11.3 Å². The summed E-state index contributed by atoms with van der Waals surface area (Å²) in [5.74, 6) is 1.13. The fourth-order valence-corrected chi connectivity index (χ4v) is 5.89. The van der Waals surface area contributed by atoms with Crippen molar-refractivity contribution < 1.29 is 32.0 Å². The lowest BCUT2D eigenvalue weighted by Crippen LogP contribution is -2.43. The van der Waals surface area contributed by atoms with Gasteiger partial charge in [0.05, 0.1) is 43.7 Å². The van der Waals surface area contributed by atoms with E-state index in [0.29, 0.717) is 35.9 Å². The van der Waals surface area contributed by atoms with Crippen molar-refractivity contribution in [2.24, 2.45) is 0 Å². The van der Waals surface area contributed by atoms with E-state index in [4.69, 9.17) is 18.8 Å². The average molecular weight is 606 g/mol. The number of methoxy groups -OCH3 is 2. The quantitative estimate of drug-likeness (QED) is 0.256. The van der Waals surface area contributed by atoms with E-state index in [-0.39, 0.29) is 12.1 Å². The lowest BCUT2D eigenvalue weighted by Gasteiger charge is -2.34. The zero-order chi connectivity index (χ0) is 30.0. The molecule has 4 rings (SSSR count). The first-order chi connectivity index (χ1) is 19.5. The number of anilines is 1. The van der Waals surface area contributed by atoms with Crippen LogP contribution in [0, 0.1) is 11.3 Å². The van der Waals surface area contributed by atoms with Crippen molar-refractivity contribution in [1.82, 2.24) is 4.90 Å². The molecule has 2 aliphatic heterocycles. The molecule has 0 spiro atoms. The molecule has 2 saturated heterocycles. The number of piperidine rings is 2. The Labute approximate surface area is 246 Å². The zero-order valence-electron chi connectivity index (χ0n) is 24.0. The van der Waals surface area contributed by atoms with Crippen molar-refractivity contribution in [3.8, 4) is 17.6 Å². The molecule has 3 heterocycles. The standard InChI is InChI=1S/C28H35N3O4S.CH4O3S/c1-20-6-4-5-13-31(20)19-28(32)35-23-11-14-30(15-12-23)27-10-8-24(36-27)16-22(18-29)21-7-9-25(33-2)26(17-21)34-3;1-5(2,3)4/h7-10,16-17,20,23H,4-6,11-15,19H2,1-3H3;1H3,(H,2,3,4)/b22-16+;. The first-order valence-electron chi connectivity index (χ1n) is 13.6. The molecule has 0 amide bonds. The smallest absolute Gasteiger partial charge is 0.320 e. The number of ether oxygens (including phenoxy) is 3. The van der Waals surface area contributed by atoms with E-state index >= 15 is 0 Å². The zero-order valence-corrected chi connectivity index (χ0v) is 25.7. The molecule has 1 aromatic heterocycles. The highest BCUT2D eigenvalue weighted by Crippen LogP contribution is 2.34. The number of carbonyl (C=O) groups is 1. The van der Waals surface area contributed by atoms with Gasteiger partial charge < -0.3 is 19.1 Å². The number of rotatable bonds is 8. The monoisotopic (exact) mass is 605 g/mol. The summed E-state index contributed by atoms with van der Waals surface area (Å²) in [6, 6.07) is 12.4.